The van der Waals surface area contributed by atoms with Gasteiger partial charge in [0.25, 0.3) is 0 Å². The molecule has 1 atom stereocenters. The lowest BCUT2D eigenvalue weighted by atomic mass is 10.1. The highest BCUT2D eigenvalue weighted by Gasteiger charge is 2.40. The SMILES string of the molecule is CCCOC1CCCN(CC2(N)CC2)C1. The number of ether oxygens (including phenoxy) is 1. The second-order valence-corrected chi connectivity index (χ2v) is 5.23. The molecule has 3 heteroatoms. The summed E-state index contributed by atoms with van der Waals surface area (Å²) in [5.74, 6) is 0. The average molecular weight is 212 g/mol. The fourth-order valence-electron chi connectivity index (χ4n) is 2.34. The molecule has 0 aromatic carbocycles. The molecule has 2 rings (SSSR count). The first-order valence-corrected chi connectivity index (χ1v) is 6.35. The Morgan fingerprint density at radius 3 is 2.93 bits per heavy atom. The maximum Gasteiger partial charge on any atom is 0.0702 e. The number of hydrogen-bond acceptors (Lipinski definition) is 3. The Kier molecular flexibility index (Phi) is 3.65. The van der Waals surface area contributed by atoms with Crippen molar-refractivity contribution in [3.63, 3.8) is 0 Å². The number of nitrogens with two attached hydrogens (primary N) is 1. The van der Waals surface area contributed by atoms with E-state index in [4.69, 9.17) is 10.5 Å². The average Bonchev–Trinajstić information content (AvgIpc) is 2.93. The van der Waals surface area contributed by atoms with Gasteiger partial charge < -0.3 is 10.5 Å². The van der Waals surface area contributed by atoms with Gasteiger partial charge in [-0.05, 0) is 38.6 Å². The van der Waals surface area contributed by atoms with Gasteiger partial charge >= 0.3 is 0 Å². The second-order valence-electron chi connectivity index (χ2n) is 5.23. The second kappa shape index (κ2) is 4.81. The summed E-state index contributed by atoms with van der Waals surface area (Å²) >= 11 is 0. The highest BCUT2D eigenvalue weighted by atomic mass is 16.5. The summed E-state index contributed by atoms with van der Waals surface area (Å²) in [5, 5.41) is 0. The Morgan fingerprint density at radius 1 is 1.47 bits per heavy atom. The monoisotopic (exact) mass is 212 g/mol. The summed E-state index contributed by atoms with van der Waals surface area (Å²) in [6.45, 7) is 6.47. The van der Waals surface area contributed by atoms with Gasteiger partial charge in [-0.2, -0.15) is 0 Å². The highest BCUT2D eigenvalue weighted by Crippen LogP contribution is 2.33. The molecule has 2 aliphatic rings. The molecule has 1 saturated heterocycles. The predicted molar refractivity (Wildman–Crippen MR) is 61.9 cm³/mol. The number of hydrogen-bond donors (Lipinski definition) is 1. The molecule has 0 aromatic rings. The molecule has 3 nitrogen and oxygen atoms in total. The van der Waals surface area contributed by atoms with Crippen LogP contribution >= 0.6 is 0 Å². The third kappa shape index (κ3) is 3.44. The molecule has 88 valence electrons. The third-order valence-electron chi connectivity index (χ3n) is 3.45. The van der Waals surface area contributed by atoms with Gasteiger partial charge in [0, 0.05) is 25.2 Å². The van der Waals surface area contributed by atoms with Crippen LogP contribution in [0.1, 0.15) is 39.0 Å². The number of piperidine rings is 1. The van der Waals surface area contributed by atoms with Crippen molar-refractivity contribution >= 4 is 0 Å². The van der Waals surface area contributed by atoms with Crippen LogP contribution in [-0.2, 0) is 4.74 Å². The molecule has 0 bridgehead atoms. The van der Waals surface area contributed by atoms with Crippen LogP contribution in [0, 0.1) is 0 Å². The van der Waals surface area contributed by atoms with E-state index in [0.717, 1.165) is 26.1 Å². The van der Waals surface area contributed by atoms with Crippen LogP contribution in [0.3, 0.4) is 0 Å². The smallest absolute Gasteiger partial charge is 0.0702 e. The Morgan fingerprint density at radius 2 is 2.27 bits per heavy atom. The van der Waals surface area contributed by atoms with E-state index in [1.165, 1.54) is 32.2 Å². The Bertz CT molecular complexity index is 204. The standard InChI is InChI=1S/C12H24N2O/c1-2-8-15-11-4-3-7-14(9-11)10-12(13)5-6-12/h11H,2-10,13H2,1H3. The van der Waals surface area contributed by atoms with Crippen LogP contribution in [0.15, 0.2) is 0 Å². The lowest BCUT2D eigenvalue weighted by molar-refractivity contribution is -0.00201. The Balaban J connectivity index is 1.71. The van der Waals surface area contributed by atoms with Gasteiger partial charge in [0.05, 0.1) is 6.10 Å². The van der Waals surface area contributed by atoms with Crippen molar-refractivity contribution < 1.29 is 4.74 Å². The van der Waals surface area contributed by atoms with Crippen molar-refractivity contribution in [3.05, 3.63) is 0 Å². The molecule has 0 spiro atoms. The molecule has 0 radical (unpaired) electrons. The van der Waals surface area contributed by atoms with E-state index in [1.54, 1.807) is 0 Å². The van der Waals surface area contributed by atoms with Crippen molar-refractivity contribution in [2.45, 2.75) is 50.7 Å². The molecule has 2 fully saturated rings. The molecule has 0 amide bonds. The zero-order valence-corrected chi connectivity index (χ0v) is 9.87. The van der Waals surface area contributed by atoms with Crippen LogP contribution in [0.4, 0.5) is 0 Å². The molecule has 1 heterocycles. The van der Waals surface area contributed by atoms with E-state index in [9.17, 15) is 0 Å². The number of rotatable bonds is 5. The molecular weight excluding hydrogens is 188 g/mol. The van der Waals surface area contributed by atoms with Gasteiger partial charge in [-0.15, -0.1) is 0 Å². The largest absolute Gasteiger partial charge is 0.377 e. The van der Waals surface area contributed by atoms with E-state index in [2.05, 4.69) is 11.8 Å². The van der Waals surface area contributed by atoms with Crippen LogP contribution in [0.2, 0.25) is 0 Å². The van der Waals surface area contributed by atoms with Crippen LogP contribution in [-0.4, -0.2) is 42.8 Å². The van der Waals surface area contributed by atoms with E-state index in [1.807, 2.05) is 0 Å². The van der Waals surface area contributed by atoms with Crippen LogP contribution in [0.5, 0.6) is 0 Å². The summed E-state index contributed by atoms with van der Waals surface area (Å²) in [6.07, 6.45) is 6.50. The van der Waals surface area contributed by atoms with Crippen molar-refractivity contribution in [1.82, 2.24) is 4.90 Å². The zero-order valence-electron chi connectivity index (χ0n) is 9.87. The minimum absolute atomic E-state index is 0.159. The fraction of sp³-hybridized carbons (Fsp3) is 1.00. The number of nitrogens with zero attached hydrogens (tertiary/aromatic N) is 1. The molecule has 1 saturated carbocycles. The molecular formula is C12H24N2O. The van der Waals surface area contributed by atoms with Crippen molar-refractivity contribution in [1.29, 1.82) is 0 Å². The van der Waals surface area contributed by atoms with Gasteiger partial charge in [0.1, 0.15) is 0 Å². The highest BCUT2D eigenvalue weighted by molar-refractivity contribution is 5.01. The maximum atomic E-state index is 6.14. The predicted octanol–water partition coefficient (Wildman–Crippen LogP) is 1.37. The molecule has 15 heavy (non-hydrogen) atoms. The van der Waals surface area contributed by atoms with Crippen LogP contribution < -0.4 is 5.73 Å². The zero-order chi connectivity index (χ0) is 10.7. The molecule has 0 aromatic heterocycles. The van der Waals surface area contributed by atoms with E-state index in [-0.39, 0.29) is 5.54 Å². The minimum atomic E-state index is 0.159. The first kappa shape index (κ1) is 11.4. The molecule has 1 unspecified atom stereocenters. The summed E-state index contributed by atoms with van der Waals surface area (Å²) in [4.78, 5) is 2.50. The van der Waals surface area contributed by atoms with Gasteiger partial charge in [-0.1, -0.05) is 6.92 Å². The maximum absolute atomic E-state index is 6.14. The molecule has 2 N–H and O–H groups in total. The third-order valence-corrected chi connectivity index (χ3v) is 3.45. The molecule has 1 aliphatic carbocycles. The summed E-state index contributed by atoms with van der Waals surface area (Å²) in [7, 11) is 0. The molecule has 1 aliphatic heterocycles. The van der Waals surface area contributed by atoms with E-state index >= 15 is 0 Å². The van der Waals surface area contributed by atoms with Crippen molar-refractivity contribution in [2.75, 3.05) is 26.2 Å². The Hall–Kier alpha value is -0.120. The quantitative estimate of drug-likeness (QED) is 0.748. The summed E-state index contributed by atoms with van der Waals surface area (Å²) in [6, 6.07) is 0. The van der Waals surface area contributed by atoms with Gasteiger partial charge in [-0.3, -0.25) is 4.90 Å². The normalized spacial score (nSPS) is 30.4. The van der Waals surface area contributed by atoms with E-state index < -0.39 is 0 Å². The van der Waals surface area contributed by atoms with Crippen molar-refractivity contribution in [3.8, 4) is 0 Å². The first-order valence-electron chi connectivity index (χ1n) is 6.35. The first-order chi connectivity index (χ1) is 7.22. The van der Waals surface area contributed by atoms with Crippen LogP contribution in [0.25, 0.3) is 0 Å². The van der Waals surface area contributed by atoms with Gasteiger partial charge in [-0.25, -0.2) is 0 Å². The summed E-state index contributed by atoms with van der Waals surface area (Å²) in [5.41, 5.74) is 6.30. The van der Waals surface area contributed by atoms with E-state index in [0.29, 0.717) is 6.10 Å². The lowest BCUT2D eigenvalue weighted by Gasteiger charge is -2.34. The number of likely N-dealkylation sites (tertiary alicyclic amines) is 1. The minimum Gasteiger partial charge on any atom is -0.377 e. The fourth-order valence-corrected chi connectivity index (χ4v) is 2.34. The van der Waals surface area contributed by atoms with Gasteiger partial charge in [0.15, 0.2) is 0 Å². The summed E-state index contributed by atoms with van der Waals surface area (Å²) < 4.78 is 5.81. The Labute approximate surface area is 93.0 Å². The topological polar surface area (TPSA) is 38.5 Å². The van der Waals surface area contributed by atoms with Gasteiger partial charge in [0.2, 0.25) is 0 Å². The van der Waals surface area contributed by atoms with Crippen molar-refractivity contribution in [2.24, 2.45) is 5.73 Å². The lowest BCUT2D eigenvalue weighted by Crippen LogP contribution is -2.46.